The molecule has 0 atom stereocenters. The van der Waals surface area contributed by atoms with Crippen LogP contribution in [0.1, 0.15) is 10.4 Å². The van der Waals surface area contributed by atoms with Gasteiger partial charge in [0.2, 0.25) is 0 Å². The highest BCUT2D eigenvalue weighted by Crippen LogP contribution is 2.28. The number of hydrogen-bond acceptors (Lipinski definition) is 4. The van der Waals surface area contributed by atoms with Gasteiger partial charge in [-0.15, -0.1) is 0 Å². The van der Waals surface area contributed by atoms with Crippen molar-refractivity contribution in [1.29, 1.82) is 0 Å². The molecule has 7 nitrogen and oxygen atoms in total. The quantitative estimate of drug-likeness (QED) is 0.693. The summed E-state index contributed by atoms with van der Waals surface area (Å²) >= 11 is 3.08. The van der Waals surface area contributed by atoms with Crippen molar-refractivity contribution in [3.63, 3.8) is 0 Å². The summed E-state index contributed by atoms with van der Waals surface area (Å²) in [4.78, 5) is 22.3. The first-order valence-electron chi connectivity index (χ1n) is 5.22. The third-order valence-corrected chi connectivity index (χ3v) is 3.22. The molecular weight excluding hydrogens is 316 g/mol. The number of anilines is 1. The molecule has 0 bridgehead atoms. The summed E-state index contributed by atoms with van der Waals surface area (Å²) in [6.07, 6.45) is 3.12. The number of nitro benzene ring substituents is 1. The first-order chi connectivity index (χ1) is 8.99. The number of carbonyl (C=O) groups is 1. The molecule has 0 unspecified atom stereocenters. The van der Waals surface area contributed by atoms with E-state index in [1.807, 2.05) is 0 Å². The first kappa shape index (κ1) is 13.2. The van der Waals surface area contributed by atoms with Crippen molar-refractivity contribution in [2.45, 2.75) is 0 Å². The Labute approximate surface area is 116 Å². The number of nitrogens with zero attached hydrogens (tertiary/aromatic N) is 3. The van der Waals surface area contributed by atoms with Gasteiger partial charge >= 0.3 is 0 Å². The molecule has 0 saturated carbocycles. The van der Waals surface area contributed by atoms with Crippen molar-refractivity contribution in [2.75, 3.05) is 5.32 Å². The molecule has 1 heterocycles. The van der Waals surface area contributed by atoms with E-state index in [4.69, 9.17) is 0 Å². The normalized spacial score (nSPS) is 10.2. The molecule has 0 saturated heterocycles. The summed E-state index contributed by atoms with van der Waals surface area (Å²) < 4.78 is 1.69. The lowest BCUT2D eigenvalue weighted by Gasteiger charge is -2.05. The van der Waals surface area contributed by atoms with E-state index in [2.05, 4.69) is 26.3 Å². The maximum Gasteiger partial charge on any atom is 0.284 e. The Morgan fingerprint density at radius 3 is 2.84 bits per heavy atom. The number of rotatable bonds is 3. The van der Waals surface area contributed by atoms with Gasteiger partial charge in [0.1, 0.15) is 4.47 Å². The summed E-state index contributed by atoms with van der Waals surface area (Å²) in [5.41, 5.74) is 0.558. The molecule has 19 heavy (non-hydrogen) atoms. The third-order valence-electron chi connectivity index (χ3n) is 2.38. The number of amides is 1. The molecule has 2 aromatic rings. The zero-order valence-corrected chi connectivity index (χ0v) is 11.4. The lowest BCUT2D eigenvalue weighted by atomic mass is 10.2. The summed E-state index contributed by atoms with van der Waals surface area (Å²) in [7, 11) is 1.72. The van der Waals surface area contributed by atoms with Gasteiger partial charge in [0.05, 0.1) is 22.4 Å². The number of aryl methyl sites for hydroxylation is 1. The number of nitro groups is 1. The zero-order chi connectivity index (χ0) is 14.0. The molecule has 0 aliphatic heterocycles. The van der Waals surface area contributed by atoms with Crippen molar-refractivity contribution in [3.05, 3.63) is 50.7 Å². The van der Waals surface area contributed by atoms with Gasteiger partial charge in [0.25, 0.3) is 11.6 Å². The van der Waals surface area contributed by atoms with Gasteiger partial charge < -0.3 is 5.32 Å². The lowest BCUT2D eigenvalue weighted by Crippen LogP contribution is -2.12. The second-order valence-electron chi connectivity index (χ2n) is 3.75. The van der Waals surface area contributed by atoms with E-state index in [1.54, 1.807) is 13.2 Å². The number of nitrogens with one attached hydrogen (secondary N) is 1. The molecule has 0 fully saturated rings. The van der Waals surface area contributed by atoms with Gasteiger partial charge in [0, 0.05) is 19.3 Å². The van der Waals surface area contributed by atoms with E-state index < -0.39 is 10.8 Å². The summed E-state index contributed by atoms with van der Waals surface area (Å²) in [6, 6.07) is 4.29. The molecule has 98 valence electrons. The minimum absolute atomic E-state index is 0.154. The Balaban J connectivity index is 2.29. The predicted molar refractivity (Wildman–Crippen MR) is 72.0 cm³/mol. The van der Waals surface area contributed by atoms with Gasteiger partial charge in [-0.1, -0.05) is 6.07 Å². The van der Waals surface area contributed by atoms with Crippen LogP contribution < -0.4 is 5.32 Å². The molecule has 0 radical (unpaired) electrons. The second kappa shape index (κ2) is 5.19. The monoisotopic (exact) mass is 324 g/mol. The highest BCUT2D eigenvalue weighted by atomic mass is 79.9. The number of carbonyl (C=O) groups excluding carboxylic acids is 1. The van der Waals surface area contributed by atoms with Gasteiger partial charge in [-0.2, -0.15) is 5.10 Å². The Bertz CT molecular complexity index is 653. The molecule has 0 aliphatic rings. The standard InChI is InChI=1S/C11H9BrN4O3/c1-15-6-7(5-13-15)14-11(17)8-3-2-4-9(10(8)12)16(18)19/h2-6H,1H3,(H,14,17). The number of benzene rings is 1. The van der Waals surface area contributed by atoms with Crippen molar-refractivity contribution < 1.29 is 9.72 Å². The van der Waals surface area contributed by atoms with Gasteiger partial charge in [0.15, 0.2) is 0 Å². The van der Waals surface area contributed by atoms with E-state index in [-0.39, 0.29) is 15.7 Å². The fourth-order valence-corrected chi connectivity index (χ4v) is 2.11. The van der Waals surface area contributed by atoms with Gasteiger partial charge in [-0.25, -0.2) is 0 Å². The Morgan fingerprint density at radius 1 is 1.53 bits per heavy atom. The van der Waals surface area contributed by atoms with Crippen LogP contribution in [0.25, 0.3) is 0 Å². The number of aromatic nitrogens is 2. The molecule has 0 spiro atoms. The zero-order valence-electron chi connectivity index (χ0n) is 9.83. The molecule has 8 heteroatoms. The van der Waals surface area contributed by atoms with E-state index in [1.165, 1.54) is 29.1 Å². The number of hydrogen-bond donors (Lipinski definition) is 1. The molecule has 1 amide bonds. The maximum atomic E-state index is 12.0. The van der Waals surface area contributed by atoms with Crippen LogP contribution in [0, 0.1) is 10.1 Å². The maximum absolute atomic E-state index is 12.0. The van der Waals surface area contributed by atoms with Crippen molar-refractivity contribution in [1.82, 2.24) is 9.78 Å². The van der Waals surface area contributed by atoms with Crippen LogP contribution in [0.3, 0.4) is 0 Å². The van der Waals surface area contributed by atoms with Gasteiger partial charge in [-0.05, 0) is 22.0 Å². The van der Waals surface area contributed by atoms with Crippen molar-refractivity contribution in [2.24, 2.45) is 7.05 Å². The summed E-state index contributed by atoms with van der Waals surface area (Å²) in [5, 5.41) is 17.3. The minimum atomic E-state index is -0.551. The molecule has 0 aliphatic carbocycles. The van der Waals surface area contributed by atoms with Crippen LogP contribution in [0.4, 0.5) is 11.4 Å². The molecule has 1 N–H and O–H groups in total. The van der Waals surface area contributed by atoms with Crippen LogP contribution in [-0.4, -0.2) is 20.6 Å². The Kier molecular flexibility index (Phi) is 3.61. The summed E-state index contributed by atoms with van der Waals surface area (Å²) in [6.45, 7) is 0. The lowest BCUT2D eigenvalue weighted by molar-refractivity contribution is -0.385. The average Bonchev–Trinajstić information content (AvgIpc) is 2.74. The fourth-order valence-electron chi connectivity index (χ4n) is 1.52. The Morgan fingerprint density at radius 2 is 2.26 bits per heavy atom. The average molecular weight is 325 g/mol. The van der Waals surface area contributed by atoms with E-state index in [0.717, 1.165) is 0 Å². The van der Waals surface area contributed by atoms with Crippen LogP contribution in [-0.2, 0) is 7.05 Å². The van der Waals surface area contributed by atoms with Gasteiger partial charge in [-0.3, -0.25) is 19.6 Å². The number of halogens is 1. The smallest absolute Gasteiger partial charge is 0.284 e. The van der Waals surface area contributed by atoms with Crippen LogP contribution in [0.5, 0.6) is 0 Å². The van der Waals surface area contributed by atoms with Crippen LogP contribution in [0.15, 0.2) is 35.1 Å². The van der Waals surface area contributed by atoms with Crippen LogP contribution in [0.2, 0.25) is 0 Å². The highest BCUT2D eigenvalue weighted by molar-refractivity contribution is 9.10. The van der Waals surface area contributed by atoms with Crippen molar-refractivity contribution in [3.8, 4) is 0 Å². The van der Waals surface area contributed by atoms with Crippen LogP contribution >= 0.6 is 15.9 Å². The van der Waals surface area contributed by atoms with E-state index in [0.29, 0.717) is 5.69 Å². The molecule has 1 aromatic carbocycles. The topological polar surface area (TPSA) is 90.1 Å². The molecule has 1 aromatic heterocycles. The fraction of sp³-hybridized carbons (Fsp3) is 0.0909. The molecule has 2 rings (SSSR count). The predicted octanol–water partition coefficient (Wildman–Crippen LogP) is 2.34. The van der Waals surface area contributed by atoms with E-state index >= 15 is 0 Å². The van der Waals surface area contributed by atoms with E-state index in [9.17, 15) is 14.9 Å². The minimum Gasteiger partial charge on any atom is -0.319 e. The highest BCUT2D eigenvalue weighted by Gasteiger charge is 2.19. The first-order valence-corrected chi connectivity index (χ1v) is 6.01. The van der Waals surface area contributed by atoms with Crippen molar-refractivity contribution >= 4 is 33.2 Å². The third kappa shape index (κ3) is 2.79. The largest absolute Gasteiger partial charge is 0.319 e. The Hall–Kier alpha value is -2.22. The second-order valence-corrected chi connectivity index (χ2v) is 4.55. The molecular formula is C11H9BrN4O3. The summed E-state index contributed by atoms with van der Waals surface area (Å²) in [5.74, 6) is -0.441. The SMILES string of the molecule is Cn1cc(NC(=O)c2cccc([N+](=O)[O-])c2Br)cn1.